The third-order valence-corrected chi connectivity index (χ3v) is 0. The van der Waals surface area contributed by atoms with Gasteiger partial charge in [0.1, 0.15) is 0 Å². The number of rotatable bonds is 0. The molecule has 0 rings (SSSR count). The molecule has 0 spiro atoms. The van der Waals surface area contributed by atoms with Crippen molar-refractivity contribution in [3.05, 3.63) is 0 Å². The molecule has 0 aromatic rings. The maximum absolute atomic E-state index is 8.63. The van der Waals surface area contributed by atoms with Crippen molar-refractivity contribution in [2.24, 2.45) is 0 Å². The Morgan fingerprint density at radius 2 is 1.25 bits per heavy atom. The fourth-order valence-electron chi connectivity index (χ4n) is 0. The Bertz CT molecular complexity index is 97.2. The molecule has 0 unspecified atom stereocenters. The van der Waals surface area contributed by atoms with E-state index in [1.807, 2.05) is 0 Å². The molecule has 0 aliphatic heterocycles. The third kappa shape index (κ3) is 1860. The number of hydrogen-bond donors (Lipinski definition) is 3. The molecule has 58 valence electrons. The molecule has 7 N–H and O–H groups in total. The molecule has 0 amide bonds. The molecule has 0 saturated carbocycles. The minimum Gasteiger partial charge on any atom is -0.726 e. The van der Waals surface area contributed by atoms with Crippen LogP contribution in [-0.2, 0) is 27.5 Å². The van der Waals surface area contributed by atoms with E-state index in [0.717, 1.165) is 0 Å². The van der Waals surface area contributed by atoms with Crippen LogP contribution in [0.25, 0.3) is 0 Å². The van der Waals surface area contributed by atoms with Gasteiger partial charge >= 0.3 is 17.1 Å². The molecule has 0 fully saturated rings. The second-order valence-electron chi connectivity index (χ2n) is 0.428. The van der Waals surface area contributed by atoms with E-state index in [4.69, 9.17) is 17.5 Å². The van der Waals surface area contributed by atoms with Gasteiger partial charge in [-0.15, -0.1) is 0 Å². The zero-order chi connectivity index (χ0) is 4.50. The van der Waals surface area contributed by atoms with Gasteiger partial charge < -0.3 is 16.9 Å². The Hall–Kier alpha value is 0.309. The largest absolute Gasteiger partial charge is 1.00 e. The van der Waals surface area contributed by atoms with E-state index in [9.17, 15) is 0 Å². The fraction of sp³-hybridized carbons (Fsp3) is 0. The normalized spacial score (nSPS) is 7.25. The van der Waals surface area contributed by atoms with Crippen LogP contribution in [0.3, 0.4) is 0 Å². The van der Waals surface area contributed by atoms with Crippen molar-refractivity contribution in [1.29, 1.82) is 0 Å². The molecule has 0 saturated heterocycles. The molecule has 0 radical (unpaired) electrons. The van der Waals surface area contributed by atoms with E-state index in [2.05, 4.69) is 0 Å². The van der Waals surface area contributed by atoms with Crippen molar-refractivity contribution >= 4 is 10.4 Å². The van der Waals surface area contributed by atoms with Crippen LogP contribution in [0.1, 0.15) is 0 Å². The van der Waals surface area contributed by atoms with E-state index in [1.165, 1.54) is 0 Å². The zero-order valence-electron chi connectivity index (χ0n) is 3.80. The van der Waals surface area contributed by atoms with Crippen molar-refractivity contribution in [2.75, 3.05) is 0 Å². The Kier molecular flexibility index (Phi) is 21.8. The van der Waals surface area contributed by atoms with Crippen LogP contribution in [0.5, 0.6) is 0 Å². The third-order valence-electron chi connectivity index (χ3n) is 0. The van der Waals surface area contributed by atoms with Crippen LogP contribution in [-0.4, -0.2) is 17.5 Å². The SMILES string of the molecule is N.N.O=S(=O)([O-])O.[Cu+]. The summed E-state index contributed by atoms with van der Waals surface area (Å²) in [6, 6.07) is 0. The van der Waals surface area contributed by atoms with Gasteiger partial charge in [-0.1, -0.05) is 0 Å². The van der Waals surface area contributed by atoms with Gasteiger partial charge in [0.05, 0.1) is 0 Å². The molecule has 0 aromatic carbocycles. The predicted octanol–water partition coefficient (Wildman–Crippen LogP) is -0.674. The van der Waals surface area contributed by atoms with Crippen LogP contribution in [0.4, 0.5) is 0 Å². The van der Waals surface area contributed by atoms with E-state index in [0.29, 0.717) is 0 Å². The van der Waals surface area contributed by atoms with E-state index >= 15 is 0 Å². The summed E-state index contributed by atoms with van der Waals surface area (Å²) < 4.78 is 32.8. The van der Waals surface area contributed by atoms with Crippen molar-refractivity contribution < 1.29 is 34.6 Å². The summed E-state index contributed by atoms with van der Waals surface area (Å²) in [7, 11) is -4.92. The molecule has 0 heterocycles. The first kappa shape index (κ1) is 23.9. The van der Waals surface area contributed by atoms with Gasteiger partial charge in [-0.05, 0) is 0 Å². The second-order valence-corrected chi connectivity index (χ2v) is 1.28. The smallest absolute Gasteiger partial charge is 0.726 e. The topological polar surface area (TPSA) is 147 Å². The Morgan fingerprint density at radius 1 is 1.25 bits per heavy atom. The van der Waals surface area contributed by atoms with Crippen LogP contribution in [0, 0.1) is 0 Å². The summed E-state index contributed by atoms with van der Waals surface area (Å²) in [5.41, 5.74) is 0. The van der Waals surface area contributed by atoms with E-state index < -0.39 is 10.4 Å². The van der Waals surface area contributed by atoms with Crippen molar-refractivity contribution in [3.8, 4) is 0 Å². The second kappa shape index (κ2) is 7.31. The van der Waals surface area contributed by atoms with Crippen molar-refractivity contribution in [3.63, 3.8) is 0 Å². The fourth-order valence-corrected chi connectivity index (χ4v) is 0. The molecule has 6 nitrogen and oxygen atoms in total. The van der Waals surface area contributed by atoms with Gasteiger partial charge in [0.2, 0.25) is 10.4 Å². The first-order valence-electron chi connectivity index (χ1n) is 0.683. The molecular weight excluding hydrogens is 188 g/mol. The molecule has 8 heteroatoms. The Labute approximate surface area is 57.9 Å². The molecule has 0 bridgehead atoms. The van der Waals surface area contributed by atoms with Crippen LogP contribution in [0.2, 0.25) is 0 Å². The summed E-state index contributed by atoms with van der Waals surface area (Å²) in [6.45, 7) is 0. The zero-order valence-corrected chi connectivity index (χ0v) is 5.55. The average molecular weight is 195 g/mol. The van der Waals surface area contributed by atoms with E-state index in [-0.39, 0.29) is 29.4 Å². The maximum atomic E-state index is 8.63. The quantitative estimate of drug-likeness (QED) is 0.265. The maximum Gasteiger partial charge on any atom is 1.00 e. The minimum absolute atomic E-state index is 0. The van der Waals surface area contributed by atoms with Gasteiger partial charge in [-0.2, -0.15) is 0 Å². The van der Waals surface area contributed by atoms with Crippen molar-refractivity contribution in [1.82, 2.24) is 12.3 Å². The average Bonchev–Trinajstić information content (AvgIpc) is 0.722. The van der Waals surface area contributed by atoms with Gasteiger partial charge in [0.15, 0.2) is 0 Å². The summed E-state index contributed by atoms with van der Waals surface area (Å²) in [5, 5.41) is 0. The van der Waals surface area contributed by atoms with Gasteiger partial charge in [-0.3, -0.25) is 4.55 Å². The van der Waals surface area contributed by atoms with Gasteiger partial charge in [-0.25, -0.2) is 8.42 Å². The number of hydrogen-bond acceptors (Lipinski definition) is 5. The minimum atomic E-state index is -4.92. The molecule has 0 aliphatic rings. The summed E-state index contributed by atoms with van der Waals surface area (Å²) in [5.74, 6) is 0. The summed E-state index contributed by atoms with van der Waals surface area (Å²) in [6.07, 6.45) is 0. The van der Waals surface area contributed by atoms with E-state index in [1.54, 1.807) is 0 Å². The first-order valence-corrected chi connectivity index (χ1v) is 2.05. The molecule has 0 atom stereocenters. The molecular formula is H7CuN2O4S. The standard InChI is InChI=1S/Cu.2H3N.H2O4S/c;;;1-5(2,3)4/h;2*1H3;(H2,1,2,3,4)/q+1;;;/p-1. The Balaban J connectivity index is -0.0000000267. The van der Waals surface area contributed by atoms with Crippen molar-refractivity contribution in [2.45, 2.75) is 0 Å². The summed E-state index contributed by atoms with van der Waals surface area (Å²) >= 11 is 0. The first-order chi connectivity index (χ1) is 2.00. The van der Waals surface area contributed by atoms with Crippen LogP contribution in [0.15, 0.2) is 0 Å². The monoisotopic (exact) mass is 194 g/mol. The van der Waals surface area contributed by atoms with Gasteiger partial charge in [0, 0.05) is 0 Å². The molecule has 8 heavy (non-hydrogen) atoms. The molecule has 0 aromatic heterocycles. The van der Waals surface area contributed by atoms with Crippen LogP contribution < -0.4 is 12.3 Å². The molecule has 0 aliphatic carbocycles. The Morgan fingerprint density at radius 3 is 1.25 bits per heavy atom. The van der Waals surface area contributed by atoms with Crippen LogP contribution >= 0.6 is 0 Å². The van der Waals surface area contributed by atoms with Gasteiger partial charge in [0.25, 0.3) is 0 Å². The summed E-state index contributed by atoms with van der Waals surface area (Å²) in [4.78, 5) is 0. The predicted molar refractivity (Wildman–Crippen MR) is 22.4 cm³/mol.